The van der Waals surface area contributed by atoms with Gasteiger partial charge >= 0.3 is 0 Å². The smallest absolute Gasteiger partial charge is 0.273 e. The molecule has 27 heavy (non-hydrogen) atoms. The molecule has 0 aromatic carbocycles. The number of amides is 1. The molecule has 1 amide bonds. The Morgan fingerprint density at radius 3 is 2.89 bits per heavy atom. The monoisotopic (exact) mass is 384 g/mol. The van der Waals surface area contributed by atoms with Gasteiger partial charge in [-0.1, -0.05) is 30.2 Å². The standard InChI is InChI=1S/C17H20N8OS/c18-10-5-1-2-6-11(10)21-17-23-15(13(14(19)26)24-25-17)22-12-8-9-4-3-7-20-16(9)27-12/h3-4,7-8,10-11H,1-2,5-6,18H2,(H2,19,26)(H2,21,22,23,25)/t10-,11+/m0/s1. The van der Waals surface area contributed by atoms with Crippen molar-refractivity contribution in [3.8, 4) is 0 Å². The summed E-state index contributed by atoms with van der Waals surface area (Å²) in [6.45, 7) is 0. The summed E-state index contributed by atoms with van der Waals surface area (Å²) in [5.41, 5.74) is 11.6. The van der Waals surface area contributed by atoms with E-state index >= 15 is 0 Å². The van der Waals surface area contributed by atoms with E-state index in [-0.39, 0.29) is 23.6 Å². The second-order valence-corrected chi connectivity index (χ2v) is 7.56. The van der Waals surface area contributed by atoms with E-state index in [2.05, 4.69) is 30.8 Å². The first-order valence-corrected chi connectivity index (χ1v) is 9.60. The van der Waals surface area contributed by atoms with Crippen LogP contribution in [0, 0.1) is 0 Å². The number of rotatable bonds is 5. The van der Waals surface area contributed by atoms with E-state index in [1.165, 1.54) is 11.3 Å². The Hall–Kier alpha value is -2.85. The quantitative estimate of drug-likeness (QED) is 0.523. The third-order valence-electron chi connectivity index (χ3n) is 4.59. The van der Waals surface area contributed by atoms with Gasteiger partial charge in [0.2, 0.25) is 5.95 Å². The Balaban J connectivity index is 1.61. The summed E-state index contributed by atoms with van der Waals surface area (Å²) in [4.78, 5) is 21.3. The molecule has 0 unspecified atom stereocenters. The zero-order valence-corrected chi connectivity index (χ0v) is 15.4. The van der Waals surface area contributed by atoms with E-state index in [0.29, 0.717) is 5.95 Å². The van der Waals surface area contributed by atoms with E-state index in [0.717, 1.165) is 40.9 Å². The molecule has 1 fully saturated rings. The van der Waals surface area contributed by atoms with Crippen LogP contribution in [0.15, 0.2) is 24.4 Å². The van der Waals surface area contributed by atoms with Crippen molar-refractivity contribution in [2.45, 2.75) is 37.8 Å². The highest BCUT2D eigenvalue weighted by Crippen LogP contribution is 2.30. The summed E-state index contributed by atoms with van der Waals surface area (Å²) in [6.07, 6.45) is 5.89. The predicted octanol–water partition coefficient (Wildman–Crippen LogP) is 2.01. The molecule has 0 saturated heterocycles. The number of hydrogen-bond donors (Lipinski definition) is 4. The molecule has 0 radical (unpaired) electrons. The fraction of sp³-hybridized carbons (Fsp3) is 0.353. The highest BCUT2D eigenvalue weighted by atomic mass is 32.1. The normalized spacial score (nSPS) is 19.7. The zero-order valence-electron chi connectivity index (χ0n) is 14.6. The van der Waals surface area contributed by atoms with Crippen LogP contribution in [-0.4, -0.2) is 38.2 Å². The van der Waals surface area contributed by atoms with Crippen LogP contribution >= 0.6 is 11.3 Å². The number of carbonyl (C=O) groups excluding carboxylic acids is 1. The van der Waals surface area contributed by atoms with Gasteiger partial charge in [0.25, 0.3) is 5.91 Å². The first-order valence-electron chi connectivity index (χ1n) is 8.78. The van der Waals surface area contributed by atoms with Crippen LogP contribution in [0.5, 0.6) is 0 Å². The maximum Gasteiger partial charge on any atom is 0.273 e. The van der Waals surface area contributed by atoms with Crippen molar-refractivity contribution >= 4 is 44.2 Å². The second kappa shape index (κ2) is 7.41. The number of thiophene rings is 1. The molecule has 0 aliphatic heterocycles. The zero-order chi connectivity index (χ0) is 18.8. The fourth-order valence-corrected chi connectivity index (χ4v) is 4.10. The molecule has 0 bridgehead atoms. The Morgan fingerprint density at radius 1 is 1.26 bits per heavy atom. The van der Waals surface area contributed by atoms with Gasteiger partial charge in [0.05, 0.1) is 5.00 Å². The predicted molar refractivity (Wildman–Crippen MR) is 105 cm³/mol. The second-order valence-electron chi connectivity index (χ2n) is 6.53. The van der Waals surface area contributed by atoms with Gasteiger partial charge < -0.3 is 22.1 Å². The molecule has 3 heterocycles. The van der Waals surface area contributed by atoms with Crippen LogP contribution in [0.3, 0.4) is 0 Å². The lowest BCUT2D eigenvalue weighted by Crippen LogP contribution is -2.43. The third kappa shape index (κ3) is 3.81. The minimum atomic E-state index is -0.697. The van der Waals surface area contributed by atoms with E-state index in [1.54, 1.807) is 6.20 Å². The van der Waals surface area contributed by atoms with E-state index in [4.69, 9.17) is 11.5 Å². The molecular formula is C17H20N8OS. The lowest BCUT2D eigenvalue weighted by Gasteiger charge is -2.29. The number of carbonyl (C=O) groups is 1. The number of nitrogens with zero attached hydrogens (tertiary/aromatic N) is 4. The molecule has 3 aromatic rings. The average molecular weight is 384 g/mol. The molecule has 1 aliphatic carbocycles. The van der Waals surface area contributed by atoms with Crippen molar-refractivity contribution in [2.75, 3.05) is 10.6 Å². The summed E-state index contributed by atoms with van der Waals surface area (Å²) in [5.74, 6) is -0.113. The van der Waals surface area contributed by atoms with Crippen LogP contribution in [0.2, 0.25) is 0 Å². The minimum Gasteiger partial charge on any atom is -0.364 e. The third-order valence-corrected chi connectivity index (χ3v) is 5.56. The van der Waals surface area contributed by atoms with Crippen LogP contribution in [-0.2, 0) is 0 Å². The van der Waals surface area contributed by atoms with Crippen molar-refractivity contribution in [1.29, 1.82) is 0 Å². The molecule has 2 atom stereocenters. The lowest BCUT2D eigenvalue weighted by molar-refractivity contribution is 0.0995. The Morgan fingerprint density at radius 2 is 2.11 bits per heavy atom. The molecule has 9 nitrogen and oxygen atoms in total. The first-order chi connectivity index (χ1) is 13.1. The molecule has 10 heteroatoms. The van der Waals surface area contributed by atoms with Gasteiger partial charge in [0.1, 0.15) is 4.83 Å². The van der Waals surface area contributed by atoms with Gasteiger partial charge in [-0.3, -0.25) is 4.79 Å². The lowest BCUT2D eigenvalue weighted by atomic mass is 9.91. The van der Waals surface area contributed by atoms with Crippen LogP contribution < -0.4 is 22.1 Å². The first kappa shape index (κ1) is 17.6. The fourth-order valence-electron chi connectivity index (χ4n) is 3.20. The molecule has 1 aliphatic rings. The number of aromatic nitrogens is 4. The maximum atomic E-state index is 11.7. The average Bonchev–Trinajstić information content (AvgIpc) is 3.06. The summed E-state index contributed by atoms with van der Waals surface area (Å²) >= 11 is 1.45. The molecular weight excluding hydrogens is 364 g/mol. The van der Waals surface area contributed by atoms with Gasteiger partial charge in [0.15, 0.2) is 11.5 Å². The summed E-state index contributed by atoms with van der Waals surface area (Å²) in [6, 6.07) is 5.90. The van der Waals surface area contributed by atoms with E-state index < -0.39 is 5.91 Å². The number of anilines is 3. The number of nitrogens with two attached hydrogens (primary N) is 2. The molecule has 140 valence electrons. The molecule has 6 N–H and O–H groups in total. The minimum absolute atomic E-state index is 0.0149. The van der Waals surface area contributed by atoms with Crippen molar-refractivity contribution in [3.63, 3.8) is 0 Å². The Bertz CT molecular complexity index is 941. The van der Waals surface area contributed by atoms with Crippen LogP contribution in [0.25, 0.3) is 10.2 Å². The molecule has 3 aromatic heterocycles. The van der Waals surface area contributed by atoms with Gasteiger partial charge in [-0.25, -0.2) is 4.98 Å². The van der Waals surface area contributed by atoms with Gasteiger partial charge in [0, 0.05) is 23.7 Å². The number of hydrogen-bond acceptors (Lipinski definition) is 9. The number of pyridine rings is 1. The maximum absolute atomic E-state index is 11.7. The van der Waals surface area contributed by atoms with Gasteiger partial charge in [-0.15, -0.1) is 10.2 Å². The Kier molecular flexibility index (Phi) is 4.82. The SMILES string of the molecule is NC(=O)c1nnc(N[C@@H]2CCCC[C@@H]2N)nc1Nc1cc2cccnc2s1. The summed E-state index contributed by atoms with van der Waals surface area (Å²) in [7, 11) is 0. The van der Waals surface area contributed by atoms with Crippen molar-refractivity contribution in [2.24, 2.45) is 11.5 Å². The number of primary amides is 1. The van der Waals surface area contributed by atoms with E-state index in [9.17, 15) is 4.79 Å². The number of fused-ring (bicyclic) bond motifs is 1. The van der Waals surface area contributed by atoms with Crippen molar-refractivity contribution < 1.29 is 4.79 Å². The van der Waals surface area contributed by atoms with Crippen molar-refractivity contribution in [1.82, 2.24) is 20.2 Å². The molecule has 4 rings (SSSR count). The molecule has 1 saturated carbocycles. The van der Waals surface area contributed by atoms with Gasteiger partial charge in [-0.05, 0) is 25.0 Å². The highest BCUT2D eigenvalue weighted by Gasteiger charge is 2.23. The number of nitrogens with one attached hydrogen (secondary N) is 2. The topological polar surface area (TPSA) is 145 Å². The highest BCUT2D eigenvalue weighted by molar-refractivity contribution is 7.22. The molecule has 0 spiro atoms. The summed E-state index contributed by atoms with van der Waals surface area (Å²) < 4.78 is 0. The van der Waals surface area contributed by atoms with Gasteiger partial charge in [-0.2, -0.15) is 4.98 Å². The summed E-state index contributed by atoms with van der Waals surface area (Å²) in [5, 5.41) is 16.1. The van der Waals surface area contributed by atoms with Crippen LogP contribution in [0.4, 0.5) is 16.8 Å². The van der Waals surface area contributed by atoms with Crippen LogP contribution in [0.1, 0.15) is 36.2 Å². The van der Waals surface area contributed by atoms with Crippen molar-refractivity contribution in [3.05, 3.63) is 30.1 Å². The largest absolute Gasteiger partial charge is 0.364 e. The van der Waals surface area contributed by atoms with E-state index in [1.807, 2.05) is 18.2 Å². The Labute approximate surface area is 159 Å².